The zero-order chi connectivity index (χ0) is 32.4. The molecule has 0 aromatic heterocycles. The zero-order valence-corrected chi connectivity index (χ0v) is 30.6. The molecule has 245 valence electrons. The first-order valence-electron chi connectivity index (χ1n) is 16.1. The summed E-state index contributed by atoms with van der Waals surface area (Å²) in [6.07, 6.45) is 14.3. The van der Waals surface area contributed by atoms with E-state index in [2.05, 4.69) is 78.6 Å². The Morgan fingerprint density at radius 3 is 2.37 bits per heavy atom. The third-order valence-corrected chi connectivity index (χ3v) is 10.4. The summed E-state index contributed by atoms with van der Waals surface area (Å²) in [5.41, 5.74) is 2.66. The van der Waals surface area contributed by atoms with Gasteiger partial charge < -0.3 is 4.90 Å². The molecule has 5 nitrogen and oxygen atoms in total. The number of nitro benzene ring substituents is 1. The van der Waals surface area contributed by atoms with Gasteiger partial charge >= 0.3 is 105 Å². The van der Waals surface area contributed by atoms with Crippen molar-refractivity contribution in [3.63, 3.8) is 0 Å². The van der Waals surface area contributed by atoms with Gasteiger partial charge in [-0.3, -0.25) is 6.54 Å². The summed E-state index contributed by atoms with van der Waals surface area (Å²) < 4.78 is 7.31. The molecular formula is C36H57ClN2O3Ru-. The van der Waals surface area contributed by atoms with Crippen molar-refractivity contribution in [1.82, 2.24) is 4.90 Å². The fraction of sp³-hybridized carbons (Fsp3) is 0.667. The molecule has 43 heavy (non-hydrogen) atoms. The monoisotopic (exact) mass is 702 g/mol. The molecule has 7 heteroatoms. The van der Waals surface area contributed by atoms with E-state index in [4.69, 9.17) is 14.4 Å². The fourth-order valence-electron chi connectivity index (χ4n) is 6.45. The van der Waals surface area contributed by atoms with E-state index in [1.165, 1.54) is 62.8 Å². The Labute approximate surface area is 274 Å². The zero-order valence-electron chi connectivity index (χ0n) is 28.1. The standard InChI is InChI=1S/C26H46N.C10H11NO3.ClH.Ru/c1-20(2)22(5)13-12-14-23(21(3)4)17-27-19-26(8,18-25(27,6)7)24-15-10-9-11-16-24;1-7(2)14-10-5-4-9(11(12)13)6-8(10)3;;/h12-13,19-21,23-24H,5,9-11,14-18H2,1-4,6-8H3;3-7H,1-2H3;1H;/q-1;;;+1/p-1/b13-12-;;;. The average molecular weight is 702 g/mol. The van der Waals surface area contributed by atoms with Gasteiger partial charge in [-0.1, -0.05) is 103 Å². The van der Waals surface area contributed by atoms with E-state index in [1.807, 2.05) is 13.8 Å². The summed E-state index contributed by atoms with van der Waals surface area (Å²) >= 11 is -0.440. The Hall–Kier alpha value is -1.36. The molecular weight excluding hydrogens is 645 g/mol. The number of hydrogen-bond acceptors (Lipinski definition) is 4. The van der Waals surface area contributed by atoms with Gasteiger partial charge in [0.05, 0.1) is 0 Å². The Kier molecular flexibility index (Phi) is 15.3. The number of likely N-dealkylation sites (tertiary alicyclic amines) is 1. The minimum atomic E-state index is -0.440. The van der Waals surface area contributed by atoms with Gasteiger partial charge in [0.2, 0.25) is 0 Å². The molecule has 1 aromatic carbocycles. The molecule has 0 spiro atoms. The van der Waals surface area contributed by atoms with E-state index < -0.39 is 20.6 Å². The summed E-state index contributed by atoms with van der Waals surface area (Å²) in [4.78, 5) is 12.9. The van der Waals surface area contributed by atoms with Crippen molar-refractivity contribution in [2.24, 2.45) is 29.1 Å². The van der Waals surface area contributed by atoms with Crippen LogP contribution in [-0.2, 0) is 15.7 Å². The number of halogens is 1. The summed E-state index contributed by atoms with van der Waals surface area (Å²) in [5, 5.41) is 10.6. The van der Waals surface area contributed by atoms with Gasteiger partial charge in [-0.25, -0.2) is 0 Å². The molecule has 2 unspecified atom stereocenters. The third-order valence-electron chi connectivity index (χ3n) is 9.18. The Bertz CT molecular complexity index is 1110. The second-order valence-electron chi connectivity index (χ2n) is 14.3. The van der Waals surface area contributed by atoms with Gasteiger partial charge in [0.25, 0.3) is 0 Å². The van der Waals surface area contributed by atoms with Crippen LogP contribution in [0.4, 0.5) is 5.69 Å². The summed E-state index contributed by atoms with van der Waals surface area (Å²) in [6, 6.07) is 4.52. The first-order chi connectivity index (χ1) is 20.1. The van der Waals surface area contributed by atoms with Crippen molar-refractivity contribution >= 4 is 20.0 Å². The number of ether oxygens (including phenoxy) is 1. The van der Waals surface area contributed by atoms with E-state index in [0.717, 1.165) is 12.3 Å². The second kappa shape index (κ2) is 17.4. The Balaban J connectivity index is 0.000000344. The first kappa shape index (κ1) is 37.8. The molecule has 0 bridgehead atoms. The van der Waals surface area contributed by atoms with Crippen molar-refractivity contribution in [3.05, 3.63) is 64.7 Å². The number of hydrogen-bond donors (Lipinski definition) is 0. The molecule has 1 aliphatic heterocycles. The maximum atomic E-state index is 10.6. The van der Waals surface area contributed by atoms with Gasteiger partial charge in [0.15, 0.2) is 0 Å². The third kappa shape index (κ3) is 11.8. The fourth-order valence-corrected chi connectivity index (χ4v) is 7.54. The molecule has 0 N–H and O–H groups in total. The van der Waals surface area contributed by atoms with Crippen LogP contribution < -0.4 is 4.74 Å². The van der Waals surface area contributed by atoms with Gasteiger partial charge in [0.1, 0.15) is 0 Å². The number of rotatable bonds is 12. The molecule has 2 fully saturated rings. The summed E-state index contributed by atoms with van der Waals surface area (Å²) in [6.45, 7) is 28.5. The van der Waals surface area contributed by atoms with Crippen LogP contribution in [-0.4, -0.2) is 32.6 Å². The van der Waals surface area contributed by atoms with Crippen LogP contribution in [0, 0.1) is 45.7 Å². The van der Waals surface area contributed by atoms with Crippen molar-refractivity contribution in [2.45, 2.75) is 119 Å². The second-order valence-corrected chi connectivity index (χ2v) is 16.1. The van der Waals surface area contributed by atoms with Gasteiger partial charge in [-0.05, 0) is 50.1 Å². The molecule has 1 heterocycles. The molecule has 2 aliphatic rings. The minimum absolute atomic E-state index is 0.0275. The molecule has 0 radical (unpaired) electrons. The molecule has 3 rings (SSSR count). The van der Waals surface area contributed by atoms with E-state index in [9.17, 15) is 10.1 Å². The average Bonchev–Trinajstić information content (AvgIpc) is 3.17. The van der Waals surface area contributed by atoms with E-state index in [0.29, 0.717) is 34.5 Å². The number of nitro groups is 1. The van der Waals surface area contributed by atoms with Crippen LogP contribution in [0.15, 0.2) is 42.5 Å². The van der Waals surface area contributed by atoms with Crippen LogP contribution in [0.1, 0.15) is 113 Å². The van der Waals surface area contributed by atoms with E-state index in [1.54, 1.807) is 10.7 Å². The van der Waals surface area contributed by atoms with Crippen molar-refractivity contribution in [3.8, 4) is 5.75 Å². The van der Waals surface area contributed by atoms with E-state index in [-0.39, 0.29) is 17.3 Å². The summed E-state index contributed by atoms with van der Waals surface area (Å²) in [7, 11) is 5.69. The van der Waals surface area contributed by atoms with Gasteiger partial charge in [-0.2, -0.15) is 0 Å². The number of benzene rings is 1. The van der Waals surface area contributed by atoms with Crippen LogP contribution >= 0.6 is 9.69 Å². The predicted octanol–water partition coefficient (Wildman–Crippen LogP) is 10.4. The predicted molar refractivity (Wildman–Crippen MR) is 180 cm³/mol. The molecule has 1 aromatic rings. The maximum absolute atomic E-state index is 10.6. The Morgan fingerprint density at radius 2 is 1.84 bits per heavy atom. The van der Waals surface area contributed by atoms with Crippen LogP contribution in [0.25, 0.3) is 0 Å². The SMILES string of the molecule is C=C(/C=C\CC(CN1[CH-]C(C)(C2CCCCC2)CC1(C)C)C(C)C)C(C)C.CC(C)Oc1ccc([N+](=O)[O-])cc1[CH]=[Ru][Cl]. The summed E-state index contributed by atoms with van der Waals surface area (Å²) in [5.74, 6) is 3.47. The van der Waals surface area contributed by atoms with Crippen LogP contribution in [0.2, 0.25) is 0 Å². The number of nitrogens with zero attached hydrogens (tertiary/aromatic N) is 2. The van der Waals surface area contributed by atoms with Gasteiger partial charge in [0, 0.05) is 0 Å². The topological polar surface area (TPSA) is 55.6 Å². The molecule has 0 amide bonds. The van der Waals surface area contributed by atoms with Crippen LogP contribution in [0.5, 0.6) is 5.75 Å². The molecule has 1 saturated heterocycles. The van der Waals surface area contributed by atoms with Crippen molar-refractivity contribution in [1.29, 1.82) is 0 Å². The van der Waals surface area contributed by atoms with Crippen molar-refractivity contribution in [2.75, 3.05) is 6.54 Å². The Morgan fingerprint density at radius 1 is 1.19 bits per heavy atom. The number of non-ortho nitro benzene ring substituents is 1. The molecule has 2 atom stereocenters. The normalized spacial score (nSPS) is 22.2. The van der Waals surface area contributed by atoms with Crippen LogP contribution in [0.3, 0.4) is 0 Å². The quantitative estimate of drug-likeness (QED) is 0.0716. The van der Waals surface area contributed by atoms with E-state index >= 15 is 0 Å². The molecule has 1 saturated carbocycles. The van der Waals surface area contributed by atoms with Crippen molar-refractivity contribution < 1.29 is 25.3 Å². The van der Waals surface area contributed by atoms with Gasteiger partial charge in [-0.15, -0.1) is 5.41 Å². The number of allylic oxidation sites excluding steroid dienone is 3. The molecule has 1 aliphatic carbocycles. The first-order valence-corrected chi connectivity index (χ1v) is 19.3.